The van der Waals surface area contributed by atoms with Crippen molar-refractivity contribution in [2.75, 3.05) is 0 Å². The van der Waals surface area contributed by atoms with Crippen LogP contribution in [0.15, 0.2) is 170 Å². The molecule has 8 aromatic carbocycles. The van der Waals surface area contributed by atoms with Gasteiger partial charge in [0.2, 0.25) is 0 Å². The number of nitrogens with zero attached hydrogens (tertiary/aromatic N) is 2. The second-order valence-corrected chi connectivity index (χ2v) is 13.3. The number of aryl methyl sites for hydroxylation is 2. The van der Waals surface area contributed by atoms with Gasteiger partial charge in [-0.25, -0.2) is 0 Å². The molecule has 0 N–H and O–H groups in total. The molecule has 2 aromatic heterocycles. The van der Waals surface area contributed by atoms with Crippen LogP contribution in [0, 0.1) is 26.0 Å². The van der Waals surface area contributed by atoms with Gasteiger partial charge in [0.1, 0.15) is 0 Å². The quantitative estimate of drug-likeness (QED) is 0.131. The van der Waals surface area contributed by atoms with Crippen molar-refractivity contribution < 1.29 is 20.1 Å². The first-order valence-electron chi connectivity index (χ1n) is 17.6. The topological polar surface area (TPSA) is 25.8 Å². The van der Waals surface area contributed by atoms with Gasteiger partial charge in [-0.05, 0) is 103 Å². The van der Waals surface area contributed by atoms with E-state index in [4.69, 9.17) is 4.98 Å². The molecule has 0 atom stereocenters. The maximum Gasteiger partial charge on any atom is 0.0167 e. The fraction of sp³-hybridized carbons (Fsp3) is 0.0400. The first-order valence-corrected chi connectivity index (χ1v) is 17.6. The predicted octanol–water partition coefficient (Wildman–Crippen LogP) is 13.1. The van der Waals surface area contributed by atoms with E-state index in [2.05, 4.69) is 146 Å². The van der Waals surface area contributed by atoms with E-state index in [9.17, 15) is 0 Å². The molecule has 255 valence electrons. The Hall–Kier alpha value is -5.99. The molecule has 3 heteroatoms. The average molecular weight is 855 g/mol. The summed E-state index contributed by atoms with van der Waals surface area (Å²) in [4.78, 5) is 9.08. The largest absolute Gasteiger partial charge is 0.305 e. The van der Waals surface area contributed by atoms with E-state index in [0.717, 1.165) is 27.9 Å². The van der Waals surface area contributed by atoms with E-state index in [0.29, 0.717) is 0 Å². The minimum atomic E-state index is 0. The average Bonchev–Trinajstić information content (AvgIpc) is 3.21. The third-order valence-electron chi connectivity index (χ3n) is 10.1. The van der Waals surface area contributed by atoms with E-state index < -0.39 is 0 Å². The van der Waals surface area contributed by atoms with Crippen molar-refractivity contribution in [2.24, 2.45) is 0 Å². The van der Waals surface area contributed by atoms with E-state index in [1.807, 2.05) is 48.7 Å². The van der Waals surface area contributed by atoms with Gasteiger partial charge in [-0.2, -0.15) is 0 Å². The molecule has 2 nitrogen and oxygen atoms in total. The van der Waals surface area contributed by atoms with Crippen LogP contribution >= 0.6 is 0 Å². The molecule has 0 bridgehead atoms. The molecule has 10 aromatic rings. The Kier molecular flexibility index (Phi) is 9.37. The molecule has 1 radical (unpaired) electrons. The van der Waals surface area contributed by atoms with E-state index in [1.54, 1.807) is 6.20 Å². The zero-order valence-corrected chi connectivity index (χ0v) is 31.8. The third kappa shape index (κ3) is 6.40. The molecule has 2 heterocycles. The SMILES string of the molecule is Cc1cccc(C)c1-c1ccc2ccc3c4ccnc(-c5[c-]cc6c(ccc7ccccc76)c5)c4ccc3c2c1.[Ir].[c-]1ccccc1-c1ccccn1. The van der Waals surface area contributed by atoms with Crippen LogP contribution in [-0.2, 0) is 20.1 Å². The zero-order valence-electron chi connectivity index (χ0n) is 29.4. The van der Waals surface area contributed by atoms with Gasteiger partial charge in [0.05, 0.1) is 0 Å². The Morgan fingerprint density at radius 1 is 0.434 bits per heavy atom. The summed E-state index contributed by atoms with van der Waals surface area (Å²) < 4.78 is 0. The van der Waals surface area contributed by atoms with Crippen molar-refractivity contribution in [3.63, 3.8) is 0 Å². The van der Waals surface area contributed by atoms with E-state index >= 15 is 0 Å². The van der Waals surface area contributed by atoms with Crippen LogP contribution in [0.2, 0.25) is 0 Å². The van der Waals surface area contributed by atoms with Gasteiger partial charge in [-0.1, -0.05) is 114 Å². The number of hydrogen-bond acceptors (Lipinski definition) is 2. The molecule has 0 aliphatic carbocycles. The van der Waals surface area contributed by atoms with Gasteiger partial charge in [0.25, 0.3) is 0 Å². The summed E-state index contributed by atoms with van der Waals surface area (Å²) in [6, 6.07) is 62.2. The number of benzene rings is 8. The summed E-state index contributed by atoms with van der Waals surface area (Å²) in [6.45, 7) is 4.40. The Balaban J connectivity index is 0.000000262. The summed E-state index contributed by atoms with van der Waals surface area (Å²) in [7, 11) is 0. The number of aromatic nitrogens is 2. The first kappa shape index (κ1) is 34.1. The summed E-state index contributed by atoms with van der Waals surface area (Å²) in [5.74, 6) is 0. The van der Waals surface area contributed by atoms with E-state index in [-0.39, 0.29) is 20.1 Å². The summed E-state index contributed by atoms with van der Waals surface area (Å²) in [5, 5.41) is 12.4. The Morgan fingerprint density at radius 2 is 1.13 bits per heavy atom. The Bertz CT molecular complexity index is 2860. The van der Waals surface area contributed by atoms with Crippen molar-refractivity contribution in [2.45, 2.75) is 13.8 Å². The number of rotatable bonds is 3. The Labute approximate surface area is 323 Å². The van der Waals surface area contributed by atoms with Crippen LogP contribution in [0.25, 0.3) is 87.5 Å². The predicted molar refractivity (Wildman–Crippen MR) is 219 cm³/mol. The summed E-state index contributed by atoms with van der Waals surface area (Å²) >= 11 is 0. The molecule has 0 unspecified atom stereocenters. The minimum absolute atomic E-state index is 0. The fourth-order valence-electron chi connectivity index (χ4n) is 7.60. The molecule has 0 aliphatic heterocycles. The minimum Gasteiger partial charge on any atom is -0.305 e. The van der Waals surface area contributed by atoms with Crippen molar-refractivity contribution in [1.82, 2.24) is 9.97 Å². The van der Waals surface area contributed by atoms with Crippen molar-refractivity contribution in [3.05, 3.63) is 193 Å². The standard InChI is InChI=1S/C39H26N.C11H8N.Ir/c1-24-6-5-7-25(2)38(24)29-13-11-27-14-17-33-34(37(27)23-29)18-19-36-35(33)20-21-40-39(36)30-15-16-32-28(22-30)12-10-26-8-3-4-9-31(26)32;1-2-6-10(7-3-1)11-8-4-5-9-12-11;/h3-14,16-23H,1-2H3;1-6,8-9H;/q2*-1;. The Morgan fingerprint density at radius 3 is 1.96 bits per heavy atom. The van der Waals surface area contributed by atoms with Crippen LogP contribution in [0.5, 0.6) is 0 Å². The van der Waals surface area contributed by atoms with Gasteiger partial charge in [0, 0.05) is 32.5 Å². The molecule has 0 fully saturated rings. The molecule has 0 amide bonds. The normalized spacial score (nSPS) is 11.1. The molecule has 0 aliphatic rings. The van der Waals surface area contributed by atoms with Crippen molar-refractivity contribution in [3.8, 4) is 33.6 Å². The van der Waals surface area contributed by atoms with Gasteiger partial charge in [-0.15, -0.1) is 65.0 Å². The molecular formula is C50H34IrN2-2. The molecule has 0 saturated heterocycles. The maximum absolute atomic E-state index is 4.86. The molecular weight excluding hydrogens is 821 g/mol. The van der Waals surface area contributed by atoms with Gasteiger partial charge in [0.15, 0.2) is 0 Å². The van der Waals surface area contributed by atoms with Crippen LogP contribution in [0.1, 0.15) is 11.1 Å². The van der Waals surface area contributed by atoms with Crippen LogP contribution in [0.3, 0.4) is 0 Å². The van der Waals surface area contributed by atoms with Crippen molar-refractivity contribution >= 4 is 53.9 Å². The van der Waals surface area contributed by atoms with Gasteiger partial charge in [-0.3, -0.25) is 0 Å². The summed E-state index contributed by atoms with van der Waals surface area (Å²) in [6.07, 6.45) is 3.73. The number of pyridine rings is 2. The second kappa shape index (κ2) is 14.6. The summed E-state index contributed by atoms with van der Waals surface area (Å²) in [5.41, 5.74) is 9.21. The number of hydrogen-bond donors (Lipinski definition) is 0. The maximum atomic E-state index is 4.86. The van der Waals surface area contributed by atoms with Gasteiger partial charge >= 0.3 is 0 Å². The van der Waals surface area contributed by atoms with Gasteiger partial charge < -0.3 is 9.97 Å². The van der Waals surface area contributed by atoms with Crippen LogP contribution < -0.4 is 0 Å². The molecule has 0 spiro atoms. The second-order valence-electron chi connectivity index (χ2n) is 13.3. The molecule has 53 heavy (non-hydrogen) atoms. The third-order valence-corrected chi connectivity index (χ3v) is 10.1. The first-order chi connectivity index (χ1) is 25.6. The molecule has 10 rings (SSSR count). The zero-order chi connectivity index (χ0) is 35.0. The molecule has 0 saturated carbocycles. The van der Waals surface area contributed by atoms with Crippen molar-refractivity contribution in [1.29, 1.82) is 0 Å². The fourth-order valence-corrected chi connectivity index (χ4v) is 7.60. The van der Waals surface area contributed by atoms with E-state index in [1.165, 1.54) is 70.7 Å². The number of fused-ring (bicyclic) bond motifs is 8. The smallest absolute Gasteiger partial charge is 0.0167 e. The monoisotopic (exact) mass is 855 g/mol. The van der Waals surface area contributed by atoms with Crippen LogP contribution in [-0.4, -0.2) is 9.97 Å². The van der Waals surface area contributed by atoms with Crippen LogP contribution in [0.4, 0.5) is 0 Å².